The normalized spacial score (nSPS) is 19.5. The SMILES string of the molecule is CSCCC(C)N(C)C(=O)COC1(C)CNC1. The van der Waals surface area contributed by atoms with E-state index >= 15 is 0 Å². The minimum absolute atomic E-state index is 0.0757. The Hall–Kier alpha value is -0.260. The van der Waals surface area contributed by atoms with Crippen molar-refractivity contribution in [2.75, 3.05) is 38.8 Å². The first kappa shape index (κ1) is 14.8. The second-order valence-corrected chi connectivity index (χ2v) is 5.96. The molecule has 0 aromatic rings. The van der Waals surface area contributed by atoms with Crippen LogP contribution in [0.5, 0.6) is 0 Å². The molecule has 1 unspecified atom stereocenters. The van der Waals surface area contributed by atoms with Gasteiger partial charge in [0.25, 0.3) is 0 Å². The Morgan fingerprint density at radius 3 is 2.71 bits per heavy atom. The standard InChI is InChI=1S/C12H24N2O2S/c1-10(5-6-17-4)14(3)11(15)7-16-12(2)8-13-9-12/h10,13H,5-9H2,1-4H3. The molecule has 17 heavy (non-hydrogen) atoms. The van der Waals surface area contributed by atoms with E-state index in [0.29, 0.717) is 0 Å². The fourth-order valence-corrected chi connectivity index (χ4v) is 2.22. The fourth-order valence-electron chi connectivity index (χ4n) is 1.64. The van der Waals surface area contributed by atoms with E-state index < -0.39 is 0 Å². The molecule has 1 N–H and O–H groups in total. The van der Waals surface area contributed by atoms with Crippen LogP contribution in [0, 0.1) is 0 Å². The van der Waals surface area contributed by atoms with Crippen molar-refractivity contribution in [3.63, 3.8) is 0 Å². The van der Waals surface area contributed by atoms with Gasteiger partial charge in [-0.25, -0.2) is 0 Å². The van der Waals surface area contributed by atoms with Gasteiger partial charge >= 0.3 is 0 Å². The van der Waals surface area contributed by atoms with Crippen LogP contribution in [0.2, 0.25) is 0 Å². The quantitative estimate of drug-likeness (QED) is 0.740. The number of hydrogen-bond donors (Lipinski definition) is 1. The molecular weight excluding hydrogens is 236 g/mol. The van der Waals surface area contributed by atoms with E-state index in [4.69, 9.17) is 4.74 Å². The molecular formula is C12H24N2O2S. The Kier molecular flexibility index (Phi) is 5.76. The summed E-state index contributed by atoms with van der Waals surface area (Å²) >= 11 is 1.81. The summed E-state index contributed by atoms with van der Waals surface area (Å²) in [6.07, 6.45) is 3.12. The van der Waals surface area contributed by atoms with Gasteiger partial charge in [0, 0.05) is 26.2 Å². The molecule has 0 radical (unpaired) electrons. The van der Waals surface area contributed by atoms with Gasteiger partial charge < -0.3 is 15.0 Å². The average Bonchev–Trinajstić information content (AvgIpc) is 2.29. The van der Waals surface area contributed by atoms with E-state index in [1.54, 1.807) is 4.90 Å². The summed E-state index contributed by atoms with van der Waals surface area (Å²) in [4.78, 5) is 13.7. The van der Waals surface area contributed by atoms with E-state index in [9.17, 15) is 4.79 Å². The van der Waals surface area contributed by atoms with Crippen molar-refractivity contribution >= 4 is 17.7 Å². The summed E-state index contributed by atoms with van der Waals surface area (Å²) in [5.41, 5.74) is -0.140. The van der Waals surface area contributed by atoms with Crippen molar-refractivity contribution in [3.05, 3.63) is 0 Å². The van der Waals surface area contributed by atoms with Crippen LogP contribution < -0.4 is 5.32 Å². The third-order valence-electron chi connectivity index (χ3n) is 3.34. The van der Waals surface area contributed by atoms with Crippen molar-refractivity contribution in [1.82, 2.24) is 10.2 Å². The molecule has 0 aromatic heterocycles. The van der Waals surface area contributed by atoms with Gasteiger partial charge in [-0.1, -0.05) is 0 Å². The lowest BCUT2D eigenvalue weighted by Gasteiger charge is -2.39. The minimum Gasteiger partial charge on any atom is -0.363 e. The maximum absolute atomic E-state index is 11.9. The molecule has 0 saturated carbocycles. The number of thioether (sulfide) groups is 1. The lowest BCUT2D eigenvalue weighted by Crippen LogP contribution is -2.59. The summed E-state index contributed by atoms with van der Waals surface area (Å²) in [6, 6.07) is 0.283. The molecule has 4 nitrogen and oxygen atoms in total. The molecule has 1 fully saturated rings. The van der Waals surface area contributed by atoms with E-state index in [-0.39, 0.29) is 24.2 Å². The molecule has 1 rings (SSSR count). The molecule has 1 saturated heterocycles. The van der Waals surface area contributed by atoms with Crippen LogP contribution >= 0.6 is 11.8 Å². The Balaban J connectivity index is 2.25. The van der Waals surface area contributed by atoms with Crippen molar-refractivity contribution in [1.29, 1.82) is 0 Å². The Labute approximate surface area is 108 Å². The summed E-state index contributed by atoms with van der Waals surface area (Å²) in [7, 11) is 1.86. The number of ether oxygens (including phenoxy) is 1. The lowest BCUT2D eigenvalue weighted by molar-refractivity contribution is -0.146. The van der Waals surface area contributed by atoms with Gasteiger partial charge in [0.15, 0.2) is 0 Å². The van der Waals surface area contributed by atoms with Crippen LogP contribution in [-0.2, 0) is 9.53 Å². The molecule has 0 bridgehead atoms. The van der Waals surface area contributed by atoms with Gasteiger partial charge in [-0.3, -0.25) is 4.79 Å². The average molecular weight is 260 g/mol. The Morgan fingerprint density at radius 1 is 1.59 bits per heavy atom. The number of nitrogens with one attached hydrogen (secondary N) is 1. The zero-order valence-corrected chi connectivity index (χ0v) is 12.1. The maximum atomic E-state index is 11.9. The molecule has 1 aliphatic rings. The zero-order chi connectivity index (χ0) is 12.9. The molecule has 0 spiro atoms. The topological polar surface area (TPSA) is 41.6 Å². The highest BCUT2D eigenvalue weighted by Gasteiger charge is 2.33. The van der Waals surface area contributed by atoms with Crippen LogP contribution in [0.4, 0.5) is 0 Å². The molecule has 1 atom stereocenters. The second-order valence-electron chi connectivity index (χ2n) is 4.98. The predicted octanol–water partition coefficient (Wildman–Crippen LogP) is 0.965. The first-order chi connectivity index (χ1) is 7.98. The highest BCUT2D eigenvalue weighted by molar-refractivity contribution is 7.98. The highest BCUT2D eigenvalue weighted by Crippen LogP contribution is 2.15. The van der Waals surface area contributed by atoms with Gasteiger partial charge in [0.05, 0.1) is 5.60 Å². The van der Waals surface area contributed by atoms with Crippen LogP contribution in [0.3, 0.4) is 0 Å². The summed E-state index contributed by atoms with van der Waals surface area (Å²) in [5.74, 6) is 1.16. The van der Waals surface area contributed by atoms with E-state index in [1.807, 2.05) is 25.7 Å². The van der Waals surface area contributed by atoms with Gasteiger partial charge in [0.1, 0.15) is 6.61 Å². The molecule has 5 heteroatoms. The zero-order valence-electron chi connectivity index (χ0n) is 11.3. The molecule has 1 amide bonds. The number of hydrogen-bond acceptors (Lipinski definition) is 4. The number of nitrogens with zero attached hydrogens (tertiary/aromatic N) is 1. The number of rotatable bonds is 7. The molecule has 1 aliphatic heterocycles. The van der Waals surface area contributed by atoms with E-state index in [0.717, 1.165) is 25.3 Å². The highest BCUT2D eigenvalue weighted by atomic mass is 32.2. The van der Waals surface area contributed by atoms with E-state index in [2.05, 4.69) is 18.5 Å². The van der Waals surface area contributed by atoms with Gasteiger partial charge in [-0.2, -0.15) is 11.8 Å². The van der Waals surface area contributed by atoms with Gasteiger partial charge in [-0.05, 0) is 32.3 Å². The predicted molar refractivity (Wildman–Crippen MR) is 72.5 cm³/mol. The summed E-state index contributed by atoms with van der Waals surface area (Å²) in [5, 5.41) is 3.15. The molecule has 1 heterocycles. The molecule has 0 aliphatic carbocycles. The van der Waals surface area contributed by atoms with Crippen LogP contribution in [-0.4, -0.2) is 61.2 Å². The van der Waals surface area contributed by atoms with Crippen LogP contribution in [0.25, 0.3) is 0 Å². The number of carbonyl (C=O) groups is 1. The van der Waals surface area contributed by atoms with Crippen molar-refractivity contribution in [3.8, 4) is 0 Å². The molecule has 0 aromatic carbocycles. The first-order valence-corrected chi connectivity index (χ1v) is 7.47. The van der Waals surface area contributed by atoms with Crippen molar-refractivity contribution < 1.29 is 9.53 Å². The third-order valence-corrected chi connectivity index (χ3v) is 3.98. The number of likely N-dealkylation sites (N-methyl/N-ethyl adjacent to an activating group) is 1. The van der Waals surface area contributed by atoms with E-state index in [1.165, 1.54) is 0 Å². The van der Waals surface area contributed by atoms with Gasteiger partial charge in [-0.15, -0.1) is 0 Å². The van der Waals surface area contributed by atoms with Crippen molar-refractivity contribution in [2.24, 2.45) is 0 Å². The third kappa shape index (κ3) is 4.48. The number of carbonyl (C=O) groups excluding carboxylic acids is 1. The summed E-state index contributed by atoms with van der Waals surface area (Å²) < 4.78 is 5.64. The largest absolute Gasteiger partial charge is 0.363 e. The Bertz CT molecular complexity index is 257. The first-order valence-electron chi connectivity index (χ1n) is 6.08. The number of amides is 1. The minimum atomic E-state index is -0.140. The van der Waals surface area contributed by atoms with Crippen LogP contribution in [0.15, 0.2) is 0 Å². The smallest absolute Gasteiger partial charge is 0.248 e. The maximum Gasteiger partial charge on any atom is 0.248 e. The summed E-state index contributed by atoms with van der Waals surface area (Å²) in [6.45, 7) is 5.99. The van der Waals surface area contributed by atoms with Gasteiger partial charge in [0.2, 0.25) is 5.91 Å². The fraction of sp³-hybridized carbons (Fsp3) is 0.917. The molecule has 100 valence electrons. The van der Waals surface area contributed by atoms with Crippen molar-refractivity contribution in [2.45, 2.75) is 31.9 Å². The Morgan fingerprint density at radius 2 is 2.24 bits per heavy atom. The lowest BCUT2D eigenvalue weighted by atomic mass is 10.0. The van der Waals surface area contributed by atoms with Crippen LogP contribution in [0.1, 0.15) is 20.3 Å². The second kappa shape index (κ2) is 6.61. The monoisotopic (exact) mass is 260 g/mol.